The molecule has 2 aromatic rings. The van der Waals surface area contributed by atoms with Crippen molar-refractivity contribution < 1.29 is 27.2 Å². The maximum atomic E-state index is 12.4. The van der Waals surface area contributed by atoms with Crippen molar-refractivity contribution in [1.29, 1.82) is 0 Å². The number of amides is 1. The fourth-order valence-electron chi connectivity index (χ4n) is 2.31. The SMILES string of the molecule is COc1cc(C(=O)NS(=O)(=O)c2c(C)noc2C)cc(OC)c1C. The van der Waals surface area contributed by atoms with Crippen molar-refractivity contribution in [1.82, 2.24) is 9.88 Å². The van der Waals surface area contributed by atoms with E-state index >= 15 is 0 Å². The predicted octanol–water partition coefficient (Wildman–Crippen LogP) is 1.74. The lowest BCUT2D eigenvalue weighted by Gasteiger charge is -2.12. The van der Waals surface area contributed by atoms with Gasteiger partial charge < -0.3 is 14.0 Å². The Morgan fingerprint density at radius 2 is 1.67 bits per heavy atom. The van der Waals surface area contributed by atoms with Crippen molar-refractivity contribution >= 4 is 15.9 Å². The summed E-state index contributed by atoms with van der Waals surface area (Å²) in [5.74, 6) is 0.113. The zero-order chi connectivity index (χ0) is 18.1. The van der Waals surface area contributed by atoms with Crippen molar-refractivity contribution in [2.24, 2.45) is 0 Å². The first kappa shape index (κ1) is 17.8. The molecule has 1 N–H and O–H groups in total. The maximum absolute atomic E-state index is 12.4. The molecule has 0 saturated carbocycles. The smallest absolute Gasteiger partial charge is 0.269 e. The van der Waals surface area contributed by atoms with E-state index in [1.54, 1.807) is 6.92 Å². The number of hydrogen-bond acceptors (Lipinski definition) is 7. The van der Waals surface area contributed by atoms with Crippen LogP contribution in [0.4, 0.5) is 0 Å². The minimum atomic E-state index is -4.11. The highest BCUT2D eigenvalue weighted by atomic mass is 32.2. The van der Waals surface area contributed by atoms with E-state index in [-0.39, 0.29) is 21.9 Å². The third-order valence-electron chi connectivity index (χ3n) is 3.48. The Kier molecular flexibility index (Phi) is 4.83. The van der Waals surface area contributed by atoms with Gasteiger partial charge in [0.25, 0.3) is 15.9 Å². The van der Waals surface area contributed by atoms with Gasteiger partial charge in [-0.05, 0) is 32.9 Å². The molecule has 8 nitrogen and oxygen atoms in total. The fourth-order valence-corrected chi connectivity index (χ4v) is 3.61. The van der Waals surface area contributed by atoms with Crippen LogP contribution >= 0.6 is 0 Å². The largest absolute Gasteiger partial charge is 0.496 e. The normalized spacial score (nSPS) is 11.2. The quantitative estimate of drug-likeness (QED) is 0.871. The molecule has 9 heteroatoms. The van der Waals surface area contributed by atoms with Crippen molar-refractivity contribution in [3.05, 3.63) is 34.7 Å². The van der Waals surface area contributed by atoms with Crippen LogP contribution < -0.4 is 14.2 Å². The van der Waals surface area contributed by atoms with E-state index < -0.39 is 15.9 Å². The summed E-state index contributed by atoms with van der Waals surface area (Å²) < 4.78 is 42.0. The van der Waals surface area contributed by atoms with Gasteiger partial charge in [-0.3, -0.25) is 4.79 Å². The van der Waals surface area contributed by atoms with Gasteiger partial charge in [-0.25, -0.2) is 13.1 Å². The molecule has 0 radical (unpaired) electrons. The number of aromatic nitrogens is 1. The third-order valence-corrected chi connectivity index (χ3v) is 5.05. The number of rotatable bonds is 5. The third kappa shape index (κ3) is 3.21. The molecule has 1 heterocycles. The number of aryl methyl sites for hydroxylation is 2. The standard InChI is InChI=1S/C15H18N2O6S/c1-8-12(21-4)6-11(7-13(8)22-5)15(18)17-24(19,20)14-9(2)16-23-10(14)3/h6-7H,1-5H3,(H,17,18). The Bertz CT molecular complexity index is 841. The molecule has 0 aliphatic rings. The van der Waals surface area contributed by atoms with Gasteiger partial charge in [0.05, 0.1) is 14.2 Å². The molecule has 0 saturated heterocycles. The van der Waals surface area contributed by atoms with Crippen LogP contribution in [0.15, 0.2) is 21.6 Å². The Morgan fingerprint density at radius 3 is 2.08 bits per heavy atom. The lowest BCUT2D eigenvalue weighted by Crippen LogP contribution is -2.31. The molecule has 0 spiro atoms. The van der Waals surface area contributed by atoms with Crippen LogP contribution in [0.2, 0.25) is 0 Å². The number of hydrogen-bond donors (Lipinski definition) is 1. The average molecular weight is 354 g/mol. The van der Waals surface area contributed by atoms with E-state index in [1.165, 1.54) is 40.2 Å². The van der Waals surface area contributed by atoms with Gasteiger partial charge in [-0.1, -0.05) is 5.16 Å². The van der Waals surface area contributed by atoms with Gasteiger partial charge >= 0.3 is 0 Å². The molecule has 130 valence electrons. The minimum Gasteiger partial charge on any atom is -0.496 e. The van der Waals surface area contributed by atoms with Crippen LogP contribution in [-0.2, 0) is 10.0 Å². The van der Waals surface area contributed by atoms with Gasteiger partial charge in [0, 0.05) is 11.1 Å². The highest BCUT2D eigenvalue weighted by Crippen LogP contribution is 2.29. The zero-order valence-electron chi connectivity index (χ0n) is 14.0. The van der Waals surface area contributed by atoms with E-state index in [9.17, 15) is 13.2 Å². The molecule has 0 unspecified atom stereocenters. The van der Waals surface area contributed by atoms with Crippen LogP contribution in [0, 0.1) is 20.8 Å². The van der Waals surface area contributed by atoms with Crippen LogP contribution in [0.3, 0.4) is 0 Å². The van der Waals surface area contributed by atoms with Crippen molar-refractivity contribution in [2.45, 2.75) is 25.7 Å². The van der Waals surface area contributed by atoms with E-state index in [0.29, 0.717) is 17.1 Å². The maximum Gasteiger partial charge on any atom is 0.269 e. The zero-order valence-corrected chi connectivity index (χ0v) is 14.8. The summed E-state index contributed by atoms with van der Waals surface area (Å²) >= 11 is 0. The first-order valence-electron chi connectivity index (χ1n) is 6.94. The lowest BCUT2D eigenvalue weighted by atomic mass is 10.1. The van der Waals surface area contributed by atoms with E-state index in [2.05, 4.69) is 5.16 Å². The lowest BCUT2D eigenvalue weighted by molar-refractivity contribution is 0.0980. The molecule has 2 rings (SSSR count). The number of benzene rings is 1. The number of carbonyl (C=O) groups is 1. The van der Waals surface area contributed by atoms with Gasteiger partial charge in [0.15, 0.2) is 10.7 Å². The topological polar surface area (TPSA) is 108 Å². The molecule has 1 amide bonds. The molecule has 0 atom stereocenters. The first-order chi connectivity index (χ1) is 11.2. The number of sulfonamides is 1. The summed E-state index contributed by atoms with van der Waals surface area (Å²) in [5, 5.41) is 3.58. The summed E-state index contributed by atoms with van der Waals surface area (Å²) in [5.41, 5.74) is 0.960. The van der Waals surface area contributed by atoms with Gasteiger partial charge in [-0.15, -0.1) is 0 Å². The van der Waals surface area contributed by atoms with Crippen molar-refractivity contribution in [3.63, 3.8) is 0 Å². The highest BCUT2D eigenvalue weighted by Gasteiger charge is 2.27. The molecule has 0 aliphatic heterocycles. The van der Waals surface area contributed by atoms with E-state index in [4.69, 9.17) is 14.0 Å². The predicted molar refractivity (Wildman–Crippen MR) is 84.9 cm³/mol. The molecular weight excluding hydrogens is 336 g/mol. The molecular formula is C15H18N2O6S. The second-order valence-electron chi connectivity index (χ2n) is 5.09. The second-order valence-corrected chi connectivity index (χ2v) is 6.71. The Balaban J connectivity index is 2.40. The molecule has 0 fully saturated rings. The van der Waals surface area contributed by atoms with Gasteiger partial charge in [0.2, 0.25) is 0 Å². The number of nitrogens with zero attached hydrogens (tertiary/aromatic N) is 1. The fraction of sp³-hybridized carbons (Fsp3) is 0.333. The van der Waals surface area contributed by atoms with Crippen LogP contribution in [0.1, 0.15) is 27.4 Å². The summed E-state index contributed by atoms with van der Waals surface area (Å²) in [4.78, 5) is 12.2. The molecule has 0 aliphatic carbocycles. The van der Waals surface area contributed by atoms with Gasteiger partial charge in [0.1, 0.15) is 17.2 Å². The van der Waals surface area contributed by atoms with Crippen LogP contribution in [-0.4, -0.2) is 33.7 Å². The van der Waals surface area contributed by atoms with Crippen LogP contribution in [0.25, 0.3) is 0 Å². The average Bonchev–Trinajstić information content (AvgIpc) is 2.86. The Hall–Kier alpha value is -2.55. The Labute approximate surface area is 139 Å². The number of methoxy groups -OCH3 is 2. The minimum absolute atomic E-state index is 0.0876. The van der Waals surface area contributed by atoms with E-state index in [0.717, 1.165) is 0 Å². The highest BCUT2D eigenvalue weighted by molar-refractivity contribution is 7.90. The summed E-state index contributed by atoms with van der Waals surface area (Å²) in [6, 6.07) is 2.88. The molecule has 1 aromatic carbocycles. The van der Waals surface area contributed by atoms with Gasteiger partial charge in [-0.2, -0.15) is 0 Å². The monoisotopic (exact) mass is 354 g/mol. The molecule has 24 heavy (non-hydrogen) atoms. The summed E-state index contributed by atoms with van der Waals surface area (Å²) in [6.45, 7) is 4.70. The van der Waals surface area contributed by atoms with Crippen LogP contribution in [0.5, 0.6) is 11.5 Å². The molecule has 1 aromatic heterocycles. The number of ether oxygens (including phenoxy) is 2. The molecule has 0 bridgehead atoms. The number of carbonyl (C=O) groups excluding carboxylic acids is 1. The van der Waals surface area contributed by atoms with E-state index in [1.807, 2.05) is 4.72 Å². The Morgan fingerprint density at radius 1 is 1.12 bits per heavy atom. The van der Waals surface area contributed by atoms with Crippen molar-refractivity contribution in [3.8, 4) is 11.5 Å². The van der Waals surface area contributed by atoms with Crippen molar-refractivity contribution in [2.75, 3.05) is 14.2 Å². The first-order valence-corrected chi connectivity index (χ1v) is 8.42. The summed E-state index contributed by atoms with van der Waals surface area (Å²) in [6.07, 6.45) is 0. The number of nitrogens with one attached hydrogen (secondary N) is 1. The second kappa shape index (κ2) is 6.52. The summed E-state index contributed by atoms with van der Waals surface area (Å²) in [7, 11) is -1.22.